The van der Waals surface area contributed by atoms with Crippen LogP contribution >= 0.6 is 0 Å². The highest BCUT2D eigenvalue weighted by atomic mass is 16.3. The molecule has 2 unspecified atom stereocenters. The van der Waals surface area contributed by atoms with Crippen molar-refractivity contribution >= 4 is 28.2 Å². The minimum absolute atomic E-state index is 0.00720. The number of benzene rings is 3. The number of hydrogen-bond donors (Lipinski definition) is 2. The zero-order valence-corrected chi connectivity index (χ0v) is 16.9. The van der Waals surface area contributed by atoms with Crippen molar-refractivity contribution in [1.29, 1.82) is 0 Å². The third-order valence-corrected chi connectivity index (χ3v) is 5.42. The molecule has 5 nitrogen and oxygen atoms in total. The molecule has 0 saturated carbocycles. The van der Waals surface area contributed by atoms with Crippen molar-refractivity contribution in [2.24, 2.45) is 0 Å². The number of rotatable bonds is 4. The van der Waals surface area contributed by atoms with Crippen LogP contribution in [0, 0.1) is 6.92 Å². The molecule has 2 N–H and O–H groups in total. The van der Waals surface area contributed by atoms with Crippen LogP contribution in [0.25, 0.3) is 16.5 Å². The number of amides is 1. The number of aliphatic hydroxyl groups excluding tert-OH is 2. The first-order chi connectivity index (χ1) is 14.4. The Hall–Kier alpha value is -3.44. The molecule has 0 aromatic heterocycles. The summed E-state index contributed by atoms with van der Waals surface area (Å²) in [6, 6.07) is 19.9. The fraction of sp³-hybridized carbons (Fsp3) is 0.200. The number of Topliss-reactive ketones (excluding diaryl/α,β-unsaturated/α-hetero) is 1. The van der Waals surface area contributed by atoms with Gasteiger partial charge in [-0.2, -0.15) is 0 Å². The van der Waals surface area contributed by atoms with Gasteiger partial charge >= 0.3 is 0 Å². The molecular weight excluding hydrogens is 378 g/mol. The Balaban J connectivity index is 1.91. The average Bonchev–Trinajstić information content (AvgIpc) is 2.98. The molecule has 1 fully saturated rings. The van der Waals surface area contributed by atoms with E-state index in [2.05, 4.69) is 0 Å². The molecule has 3 aromatic carbocycles. The second kappa shape index (κ2) is 7.76. The van der Waals surface area contributed by atoms with E-state index in [4.69, 9.17) is 0 Å². The lowest BCUT2D eigenvalue weighted by molar-refractivity contribution is -0.140. The van der Waals surface area contributed by atoms with Crippen LogP contribution < -0.4 is 0 Å². The van der Waals surface area contributed by atoms with Crippen LogP contribution in [0.2, 0.25) is 0 Å². The Morgan fingerprint density at radius 3 is 2.33 bits per heavy atom. The van der Waals surface area contributed by atoms with Gasteiger partial charge in [0.05, 0.1) is 17.7 Å². The van der Waals surface area contributed by atoms with E-state index in [-0.39, 0.29) is 17.9 Å². The highest BCUT2D eigenvalue weighted by Crippen LogP contribution is 2.40. The average molecular weight is 401 g/mol. The Labute approximate surface area is 174 Å². The lowest BCUT2D eigenvalue weighted by Crippen LogP contribution is -2.35. The number of aliphatic hydroxyl groups is 2. The van der Waals surface area contributed by atoms with Crippen LogP contribution in [-0.2, 0) is 9.59 Å². The number of fused-ring (bicyclic) bond motifs is 1. The Kier molecular flexibility index (Phi) is 5.14. The maximum Gasteiger partial charge on any atom is 0.295 e. The first-order valence-corrected chi connectivity index (χ1v) is 9.89. The molecule has 4 rings (SSSR count). The summed E-state index contributed by atoms with van der Waals surface area (Å²) in [7, 11) is 0. The molecule has 1 aliphatic heterocycles. The predicted molar refractivity (Wildman–Crippen MR) is 116 cm³/mol. The molecule has 30 heavy (non-hydrogen) atoms. The van der Waals surface area contributed by atoms with Gasteiger partial charge in [0.25, 0.3) is 11.7 Å². The SMILES string of the molecule is Cc1ccc(/C(O)=C2\C(=O)C(=O)N(CC(C)O)C2c2ccc3ccccc3c2)cc1. The predicted octanol–water partition coefficient (Wildman–Crippen LogP) is 3.95. The summed E-state index contributed by atoms with van der Waals surface area (Å²) in [5, 5.41) is 23.0. The highest BCUT2D eigenvalue weighted by molar-refractivity contribution is 6.46. The topological polar surface area (TPSA) is 77.8 Å². The Morgan fingerprint density at radius 2 is 1.67 bits per heavy atom. The number of carbonyl (C=O) groups excluding carboxylic acids is 2. The van der Waals surface area contributed by atoms with E-state index in [9.17, 15) is 19.8 Å². The van der Waals surface area contributed by atoms with Gasteiger partial charge < -0.3 is 15.1 Å². The van der Waals surface area contributed by atoms with E-state index in [1.165, 1.54) is 4.90 Å². The van der Waals surface area contributed by atoms with E-state index in [0.717, 1.165) is 16.3 Å². The molecular formula is C25H23NO4. The van der Waals surface area contributed by atoms with Crippen LogP contribution in [0.4, 0.5) is 0 Å². The zero-order valence-electron chi connectivity index (χ0n) is 16.9. The van der Waals surface area contributed by atoms with E-state index in [1.807, 2.05) is 61.5 Å². The highest BCUT2D eigenvalue weighted by Gasteiger charge is 2.46. The van der Waals surface area contributed by atoms with Gasteiger partial charge in [-0.25, -0.2) is 0 Å². The normalized spacial score (nSPS) is 19.4. The molecule has 2 atom stereocenters. The fourth-order valence-corrected chi connectivity index (χ4v) is 3.94. The van der Waals surface area contributed by atoms with Crippen LogP contribution in [0.1, 0.15) is 29.7 Å². The van der Waals surface area contributed by atoms with Gasteiger partial charge in [0, 0.05) is 12.1 Å². The molecule has 0 aliphatic carbocycles. The van der Waals surface area contributed by atoms with Crippen LogP contribution in [0.15, 0.2) is 72.3 Å². The van der Waals surface area contributed by atoms with Crippen molar-refractivity contribution in [2.75, 3.05) is 6.54 Å². The number of aryl methyl sites for hydroxylation is 1. The molecule has 1 saturated heterocycles. The Bertz CT molecular complexity index is 1160. The number of hydrogen-bond acceptors (Lipinski definition) is 4. The molecule has 152 valence electrons. The lowest BCUT2D eigenvalue weighted by atomic mass is 9.93. The van der Waals surface area contributed by atoms with Gasteiger partial charge in [-0.1, -0.05) is 66.2 Å². The number of β-amino-alcohol motifs (C(OH)–C–C–N with tert-alkyl or cyclic N) is 1. The monoisotopic (exact) mass is 401 g/mol. The summed E-state index contributed by atoms with van der Waals surface area (Å²) in [6.45, 7) is 3.49. The van der Waals surface area contributed by atoms with Gasteiger partial charge in [-0.05, 0) is 36.2 Å². The minimum atomic E-state index is -0.814. The molecule has 0 bridgehead atoms. The van der Waals surface area contributed by atoms with Crippen molar-refractivity contribution in [3.63, 3.8) is 0 Å². The smallest absolute Gasteiger partial charge is 0.295 e. The zero-order chi connectivity index (χ0) is 21.4. The minimum Gasteiger partial charge on any atom is -0.507 e. The van der Waals surface area contributed by atoms with E-state index >= 15 is 0 Å². The summed E-state index contributed by atoms with van der Waals surface area (Å²) in [6.07, 6.45) is -0.814. The third kappa shape index (κ3) is 3.48. The number of likely N-dealkylation sites (tertiary alicyclic amines) is 1. The van der Waals surface area contributed by atoms with Crippen LogP contribution in [0.5, 0.6) is 0 Å². The summed E-state index contributed by atoms with van der Waals surface area (Å²) >= 11 is 0. The van der Waals surface area contributed by atoms with Crippen molar-refractivity contribution in [3.8, 4) is 0 Å². The standard InChI is InChI=1S/C25H23NO4/c1-15-7-9-18(10-8-15)23(28)21-22(26(14-16(2)27)25(30)24(21)29)20-12-11-17-5-3-4-6-19(17)13-20/h3-13,16,22,27-28H,14H2,1-2H3/b23-21+. The van der Waals surface area contributed by atoms with Crippen LogP contribution in [0.3, 0.4) is 0 Å². The van der Waals surface area contributed by atoms with E-state index < -0.39 is 23.8 Å². The first-order valence-electron chi connectivity index (χ1n) is 9.89. The van der Waals surface area contributed by atoms with Gasteiger partial charge in [0.1, 0.15) is 5.76 Å². The van der Waals surface area contributed by atoms with Gasteiger partial charge in [-0.15, -0.1) is 0 Å². The lowest BCUT2D eigenvalue weighted by Gasteiger charge is -2.26. The van der Waals surface area contributed by atoms with Crippen molar-refractivity contribution in [3.05, 3.63) is 89.0 Å². The summed E-state index contributed by atoms with van der Waals surface area (Å²) in [5.41, 5.74) is 2.25. The fourth-order valence-electron chi connectivity index (χ4n) is 3.94. The van der Waals surface area contributed by atoms with Gasteiger partial charge in [0.2, 0.25) is 0 Å². The largest absolute Gasteiger partial charge is 0.507 e. The van der Waals surface area contributed by atoms with Gasteiger partial charge in [0.15, 0.2) is 0 Å². The third-order valence-electron chi connectivity index (χ3n) is 5.42. The quantitative estimate of drug-likeness (QED) is 0.394. The Morgan fingerprint density at radius 1 is 1.00 bits per heavy atom. The number of carbonyl (C=O) groups is 2. The maximum atomic E-state index is 12.9. The molecule has 1 amide bonds. The molecule has 1 aliphatic rings. The second-order valence-corrected chi connectivity index (χ2v) is 7.77. The molecule has 0 radical (unpaired) electrons. The molecule has 5 heteroatoms. The second-order valence-electron chi connectivity index (χ2n) is 7.77. The maximum absolute atomic E-state index is 12.9. The van der Waals surface area contributed by atoms with Crippen molar-refractivity contribution in [2.45, 2.75) is 26.0 Å². The number of nitrogens with zero attached hydrogens (tertiary/aromatic N) is 1. The summed E-state index contributed by atoms with van der Waals surface area (Å²) in [4.78, 5) is 27.1. The van der Waals surface area contributed by atoms with Gasteiger partial charge in [-0.3, -0.25) is 9.59 Å². The molecule has 0 spiro atoms. The number of ketones is 1. The van der Waals surface area contributed by atoms with Crippen LogP contribution in [-0.4, -0.2) is 39.5 Å². The molecule has 3 aromatic rings. The molecule has 1 heterocycles. The summed E-state index contributed by atoms with van der Waals surface area (Å²) < 4.78 is 0. The summed E-state index contributed by atoms with van der Waals surface area (Å²) in [5.74, 6) is -1.67. The first kappa shape index (κ1) is 19.9. The van der Waals surface area contributed by atoms with E-state index in [1.54, 1.807) is 19.1 Å². The van der Waals surface area contributed by atoms with E-state index in [0.29, 0.717) is 11.1 Å². The van der Waals surface area contributed by atoms with Crippen molar-refractivity contribution < 1.29 is 19.8 Å². The van der Waals surface area contributed by atoms with Crippen molar-refractivity contribution in [1.82, 2.24) is 4.90 Å².